The van der Waals surface area contributed by atoms with E-state index in [4.69, 9.17) is 15.6 Å². The number of aliphatic hydroxyl groups excluding tert-OH is 3. The predicted octanol–water partition coefficient (Wildman–Crippen LogP) is -3.86. The number of carboxylic acids is 1. The average Bonchev–Trinajstić information content (AvgIpc) is 2.91. The number of carbonyl (C=O) groups is 1. The van der Waals surface area contributed by atoms with Gasteiger partial charge in [-0.15, -0.1) is 0 Å². The van der Waals surface area contributed by atoms with Crippen molar-refractivity contribution in [2.24, 2.45) is 5.73 Å². The zero-order valence-corrected chi connectivity index (χ0v) is 14.7. The summed E-state index contributed by atoms with van der Waals surface area (Å²) in [6.07, 6.45) is -4.29. The van der Waals surface area contributed by atoms with Gasteiger partial charge in [0, 0.05) is 24.8 Å². The Kier molecular flexibility index (Phi) is 6.86. The number of rotatable bonds is 8. The fourth-order valence-electron chi connectivity index (χ4n) is 2.87. The van der Waals surface area contributed by atoms with Crippen LogP contribution in [0.3, 0.4) is 0 Å². The van der Waals surface area contributed by atoms with Crippen LogP contribution in [0.25, 0.3) is 0 Å². The first kappa shape index (κ1) is 21.2. The Morgan fingerprint density at radius 1 is 1.37 bits per heavy atom. The number of aromatic nitrogens is 2. The van der Waals surface area contributed by atoms with Crippen LogP contribution in [-0.2, 0) is 22.6 Å². The van der Waals surface area contributed by atoms with Gasteiger partial charge in [-0.2, -0.15) is 0 Å². The molecule has 7 N–H and O–H groups in total. The average molecular weight is 388 g/mol. The van der Waals surface area contributed by atoms with E-state index in [-0.39, 0.29) is 25.1 Å². The molecule has 27 heavy (non-hydrogen) atoms. The van der Waals surface area contributed by atoms with Crippen molar-refractivity contribution < 1.29 is 30.0 Å². The summed E-state index contributed by atoms with van der Waals surface area (Å²) < 4.78 is 7.11. The van der Waals surface area contributed by atoms with Gasteiger partial charge in [0.2, 0.25) is 0 Å². The van der Waals surface area contributed by atoms with Crippen LogP contribution >= 0.6 is 0 Å². The second kappa shape index (κ2) is 8.73. The molecule has 12 nitrogen and oxygen atoms in total. The lowest BCUT2D eigenvalue weighted by Gasteiger charge is -2.20. The molecule has 1 fully saturated rings. The van der Waals surface area contributed by atoms with Crippen molar-refractivity contribution in [2.45, 2.75) is 50.1 Å². The summed E-state index contributed by atoms with van der Waals surface area (Å²) in [7, 11) is 1.59. The highest BCUT2D eigenvalue weighted by atomic mass is 16.6. The fourth-order valence-corrected chi connectivity index (χ4v) is 2.87. The van der Waals surface area contributed by atoms with Gasteiger partial charge in [-0.05, 0) is 13.5 Å². The van der Waals surface area contributed by atoms with E-state index in [0.29, 0.717) is 0 Å². The molecular formula is C15H24N4O8. The van der Waals surface area contributed by atoms with Gasteiger partial charge in [0.15, 0.2) is 6.23 Å². The lowest BCUT2D eigenvalue weighted by molar-refractivity contribution is -0.138. The molecule has 1 aliphatic rings. The zero-order chi connectivity index (χ0) is 20.3. The van der Waals surface area contributed by atoms with Crippen molar-refractivity contribution in [3.8, 4) is 0 Å². The number of ether oxygens (including phenoxy) is 1. The van der Waals surface area contributed by atoms with Crippen LogP contribution in [0.2, 0.25) is 0 Å². The monoisotopic (exact) mass is 388 g/mol. The highest BCUT2D eigenvalue weighted by molar-refractivity contribution is 5.72. The fraction of sp³-hybridized carbons (Fsp3) is 0.667. The lowest BCUT2D eigenvalue weighted by atomic mass is 10.1. The van der Waals surface area contributed by atoms with E-state index in [2.05, 4.69) is 5.32 Å². The van der Waals surface area contributed by atoms with Crippen molar-refractivity contribution in [2.75, 3.05) is 13.7 Å². The molecule has 1 aromatic heterocycles. The van der Waals surface area contributed by atoms with E-state index in [9.17, 15) is 29.7 Å². The summed E-state index contributed by atoms with van der Waals surface area (Å²) in [5.41, 5.74) is 4.12. The van der Waals surface area contributed by atoms with E-state index in [1.54, 1.807) is 7.05 Å². The maximum atomic E-state index is 12.7. The number of hydrogen-bond acceptors (Lipinski definition) is 9. The number of nitrogens with one attached hydrogen (secondary N) is 1. The maximum absolute atomic E-state index is 12.7. The Balaban J connectivity index is 2.47. The van der Waals surface area contributed by atoms with Crippen LogP contribution in [0.15, 0.2) is 15.8 Å². The second-order valence-electron chi connectivity index (χ2n) is 6.29. The molecule has 1 saturated heterocycles. The molecule has 0 spiro atoms. The highest BCUT2D eigenvalue weighted by Crippen LogP contribution is 2.28. The first-order valence-electron chi connectivity index (χ1n) is 8.33. The Bertz CT molecular complexity index is 791. The minimum atomic E-state index is -1.51. The third-order valence-electron chi connectivity index (χ3n) is 4.41. The molecule has 1 aromatic rings. The highest BCUT2D eigenvalue weighted by Gasteiger charge is 2.44. The number of nitrogens with zero attached hydrogens (tertiary/aromatic N) is 2. The molecule has 1 aliphatic heterocycles. The third-order valence-corrected chi connectivity index (χ3v) is 4.41. The van der Waals surface area contributed by atoms with E-state index >= 15 is 0 Å². The van der Waals surface area contributed by atoms with Crippen LogP contribution in [-0.4, -0.2) is 73.5 Å². The van der Waals surface area contributed by atoms with E-state index < -0.39 is 54.4 Å². The summed E-state index contributed by atoms with van der Waals surface area (Å²) in [5, 5.41) is 40.9. The van der Waals surface area contributed by atoms with Crippen molar-refractivity contribution in [1.82, 2.24) is 14.5 Å². The zero-order valence-electron chi connectivity index (χ0n) is 14.7. The largest absolute Gasteiger partial charge is 0.480 e. The molecule has 0 saturated carbocycles. The van der Waals surface area contributed by atoms with Crippen molar-refractivity contribution in [3.05, 3.63) is 32.6 Å². The van der Waals surface area contributed by atoms with E-state index in [1.165, 1.54) is 6.20 Å². The maximum Gasteiger partial charge on any atom is 0.333 e. The van der Waals surface area contributed by atoms with E-state index in [0.717, 1.165) is 9.13 Å². The van der Waals surface area contributed by atoms with Gasteiger partial charge < -0.3 is 36.2 Å². The molecule has 0 radical (unpaired) electrons. The van der Waals surface area contributed by atoms with Gasteiger partial charge in [-0.3, -0.25) is 18.7 Å². The quantitative estimate of drug-likeness (QED) is 0.257. The normalized spacial score (nSPS) is 26.3. The Hall–Kier alpha value is -2.09. The molecule has 2 rings (SSSR count). The molecular weight excluding hydrogens is 364 g/mol. The first-order valence-corrected chi connectivity index (χ1v) is 8.33. The van der Waals surface area contributed by atoms with Crippen molar-refractivity contribution in [1.29, 1.82) is 0 Å². The minimum absolute atomic E-state index is 0.0961. The van der Waals surface area contributed by atoms with Gasteiger partial charge in [-0.1, -0.05) is 0 Å². The van der Waals surface area contributed by atoms with Crippen LogP contribution < -0.4 is 22.3 Å². The smallest absolute Gasteiger partial charge is 0.333 e. The summed E-state index contributed by atoms with van der Waals surface area (Å²) >= 11 is 0. The van der Waals surface area contributed by atoms with Gasteiger partial charge in [0.1, 0.15) is 24.4 Å². The van der Waals surface area contributed by atoms with Gasteiger partial charge in [0.05, 0.1) is 6.61 Å². The summed E-state index contributed by atoms with van der Waals surface area (Å²) in [4.78, 5) is 36.1. The molecule has 0 aromatic carbocycles. The lowest BCUT2D eigenvalue weighted by Crippen LogP contribution is -2.46. The first-order chi connectivity index (χ1) is 12.7. The van der Waals surface area contributed by atoms with Gasteiger partial charge in [-0.25, -0.2) is 4.79 Å². The molecule has 0 amide bonds. The summed E-state index contributed by atoms with van der Waals surface area (Å²) in [6, 6.07) is -1.26. The summed E-state index contributed by atoms with van der Waals surface area (Å²) in [5.74, 6) is -1.27. The molecule has 12 heteroatoms. The van der Waals surface area contributed by atoms with Gasteiger partial charge >= 0.3 is 11.7 Å². The van der Waals surface area contributed by atoms with Crippen molar-refractivity contribution in [3.63, 3.8) is 0 Å². The Morgan fingerprint density at radius 2 is 2.04 bits per heavy atom. The SMILES string of the molecule is CNCc1cn([C@H]2O[C@@H](CO)C(O)C2O)c(=O)n(CCC(N)C(=O)O)c1=O. The Morgan fingerprint density at radius 3 is 2.56 bits per heavy atom. The van der Waals surface area contributed by atoms with Crippen LogP contribution in [0.5, 0.6) is 0 Å². The number of carboxylic acid groups (broad SMARTS) is 1. The molecule has 5 atom stereocenters. The number of aliphatic hydroxyl groups is 3. The standard InChI is InChI=1S/C15H24N4O8/c1-17-4-7-5-19(13-11(22)10(21)9(6-20)27-13)15(26)18(12(7)23)3-2-8(16)14(24)25/h5,8-11,13,17,20-22H,2-4,6,16H2,1H3,(H,24,25)/t8?,9-,10?,11?,13-/m0/s1. The van der Waals surface area contributed by atoms with Crippen LogP contribution in [0.1, 0.15) is 18.2 Å². The predicted molar refractivity (Wildman–Crippen MR) is 91.0 cm³/mol. The van der Waals surface area contributed by atoms with Crippen LogP contribution in [0.4, 0.5) is 0 Å². The number of nitrogens with two attached hydrogens (primary N) is 1. The van der Waals surface area contributed by atoms with Crippen molar-refractivity contribution >= 4 is 5.97 Å². The number of aliphatic carboxylic acids is 1. The second-order valence-corrected chi connectivity index (χ2v) is 6.29. The Labute approximate surface area is 153 Å². The molecule has 3 unspecified atom stereocenters. The molecule has 2 heterocycles. The molecule has 152 valence electrons. The third kappa shape index (κ3) is 4.26. The van der Waals surface area contributed by atoms with Gasteiger partial charge in [0.25, 0.3) is 5.56 Å². The summed E-state index contributed by atoms with van der Waals surface area (Å²) in [6.45, 7) is -0.726. The molecule has 0 bridgehead atoms. The van der Waals surface area contributed by atoms with Crippen LogP contribution in [0, 0.1) is 0 Å². The minimum Gasteiger partial charge on any atom is -0.480 e. The number of hydrogen-bond donors (Lipinski definition) is 6. The molecule has 0 aliphatic carbocycles. The topological polar surface area (TPSA) is 189 Å². The van der Waals surface area contributed by atoms with E-state index in [1.807, 2.05) is 0 Å².